The second kappa shape index (κ2) is 9.70. The van der Waals surface area contributed by atoms with Crippen LogP contribution in [0.25, 0.3) is 0 Å². The predicted octanol–water partition coefficient (Wildman–Crippen LogP) is 3.90. The number of benzene rings is 2. The van der Waals surface area contributed by atoms with Crippen LogP contribution in [0.3, 0.4) is 0 Å². The molecule has 2 aromatic carbocycles. The topological polar surface area (TPSA) is 45.7 Å². The second-order valence-electron chi connectivity index (χ2n) is 4.79. The first-order chi connectivity index (χ1) is 11.7. The first kappa shape index (κ1) is 18.0. The van der Waals surface area contributed by atoms with Gasteiger partial charge in [-0.25, -0.2) is 0 Å². The largest absolute Gasteiger partial charge is 0.488 e. The minimum Gasteiger partial charge on any atom is -0.488 e. The third-order valence-corrected chi connectivity index (χ3v) is 3.64. The van der Waals surface area contributed by atoms with Crippen molar-refractivity contribution in [1.82, 2.24) is 10.7 Å². The van der Waals surface area contributed by atoms with E-state index in [0.717, 1.165) is 11.1 Å². The maximum absolute atomic E-state index is 6.15. The zero-order chi connectivity index (χ0) is 17.2. The summed E-state index contributed by atoms with van der Waals surface area (Å²) in [6, 6.07) is 15.2. The summed E-state index contributed by atoms with van der Waals surface area (Å²) in [5, 5.41) is 8.15. The van der Waals surface area contributed by atoms with E-state index in [0.29, 0.717) is 29.0 Å². The number of nitrogens with one attached hydrogen (secondary N) is 2. The van der Waals surface area contributed by atoms with E-state index in [1.165, 1.54) is 0 Å². The minimum absolute atomic E-state index is 0.386. The quantitative estimate of drug-likeness (QED) is 0.340. The van der Waals surface area contributed by atoms with Crippen molar-refractivity contribution in [1.29, 1.82) is 0 Å². The van der Waals surface area contributed by atoms with Crippen molar-refractivity contribution in [2.24, 2.45) is 5.10 Å². The van der Waals surface area contributed by atoms with Crippen molar-refractivity contribution in [2.75, 3.05) is 6.54 Å². The Bertz CT molecular complexity index is 734. The van der Waals surface area contributed by atoms with Crippen LogP contribution in [0, 0.1) is 0 Å². The smallest absolute Gasteiger partial charge is 0.187 e. The van der Waals surface area contributed by atoms with E-state index in [-0.39, 0.29) is 0 Å². The van der Waals surface area contributed by atoms with Crippen LogP contribution in [0.1, 0.15) is 11.1 Å². The van der Waals surface area contributed by atoms with E-state index < -0.39 is 0 Å². The molecule has 0 spiro atoms. The highest BCUT2D eigenvalue weighted by atomic mass is 35.5. The Morgan fingerprint density at radius 2 is 1.96 bits per heavy atom. The summed E-state index contributed by atoms with van der Waals surface area (Å²) in [5.41, 5.74) is 4.51. The summed E-state index contributed by atoms with van der Waals surface area (Å²) in [7, 11) is 0. The molecular formula is C18H18ClN3OS. The van der Waals surface area contributed by atoms with Gasteiger partial charge in [0.1, 0.15) is 12.4 Å². The molecule has 2 aromatic rings. The number of thiocarbonyl (C=S) groups is 1. The molecule has 0 saturated carbocycles. The molecule has 24 heavy (non-hydrogen) atoms. The van der Waals surface area contributed by atoms with Gasteiger partial charge in [0.25, 0.3) is 0 Å². The Hall–Kier alpha value is -2.37. The fourth-order valence-corrected chi connectivity index (χ4v) is 2.18. The average Bonchev–Trinajstić information content (AvgIpc) is 2.60. The van der Waals surface area contributed by atoms with Crippen molar-refractivity contribution in [3.8, 4) is 5.75 Å². The summed E-state index contributed by atoms with van der Waals surface area (Å²) in [5.74, 6) is 0.716. The predicted molar refractivity (Wildman–Crippen MR) is 104 cm³/mol. The molecule has 4 nitrogen and oxygen atoms in total. The van der Waals surface area contributed by atoms with Crippen LogP contribution in [-0.4, -0.2) is 17.9 Å². The Morgan fingerprint density at radius 3 is 2.75 bits per heavy atom. The summed E-state index contributed by atoms with van der Waals surface area (Å²) < 4.78 is 5.86. The number of para-hydroxylation sites is 1. The molecule has 0 bridgehead atoms. The number of hydrazone groups is 1. The lowest BCUT2D eigenvalue weighted by Gasteiger charge is -2.10. The fourth-order valence-electron chi connectivity index (χ4n) is 1.85. The first-order valence-electron chi connectivity index (χ1n) is 7.33. The third kappa shape index (κ3) is 5.68. The van der Waals surface area contributed by atoms with Crippen LogP contribution in [0.15, 0.2) is 66.3 Å². The second-order valence-corrected chi connectivity index (χ2v) is 5.60. The van der Waals surface area contributed by atoms with Gasteiger partial charge in [-0.05, 0) is 30.4 Å². The zero-order valence-electron chi connectivity index (χ0n) is 13.0. The van der Waals surface area contributed by atoms with Crippen LogP contribution in [0.4, 0.5) is 0 Å². The lowest BCUT2D eigenvalue weighted by molar-refractivity contribution is 0.306. The Balaban J connectivity index is 1.98. The van der Waals surface area contributed by atoms with Gasteiger partial charge in [0.05, 0.1) is 6.21 Å². The molecule has 0 radical (unpaired) electrons. The minimum atomic E-state index is 0.386. The summed E-state index contributed by atoms with van der Waals surface area (Å²) >= 11 is 11.2. The maximum Gasteiger partial charge on any atom is 0.187 e. The Kier molecular flexibility index (Phi) is 7.26. The first-order valence-corrected chi connectivity index (χ1v) is 8.12. The highest BCUT2D eigenvalue weighted by Gasteiger charge is 2.03. The van der Waals surface area contributed by atoms with E-state index in [4.69, 9.17) is 28.6 Å². The van der Waals surface area contributed by atoms with Crippen LogP contribution in [-0.2, 0) is 6.61 Å². The standard InChI is InChI=1S/C18H18ClN3OS/c1-2-11-20-18(24)22-21-12-14-7-4-6-10-17(14)23-13-15-8-3-5-9-16(15)19/h2-10,12H,1,11,13H2,(H2,20,22,24)/b21-12-. The van der Waals surface area contributed by atoms with Crippen molar-refractivity contribution in [3.05, 3.63) is 77.3 Å². The molecule has 2 rings (SSSR count). The number of nitrogens with zero attached hydrogens (tertiary/aromatic N) is 1. The molecule has 0 aromatic heterocycles. The van der Waals surface area contributed by atoms with Gasteiger partial charge in [-0.1, -0.05) is 48.0 Å². The summed E-state index contributed by atoms with van der Waals surface area (Å²) in [6.07, 6.45) is 3.37. The van der Waals surface area contributed by atoms with Crippen molar-refractivity contribution < 1.29 is 4.74 Å². The van der Waals surface area contributed by atoms with Gasteiger partial charge in [-0.15, -0.1) is 6.58 Å². The molecule has 0 unspecified atom stereocenters. The highest BCUT2D eigenvalue weighted by molar-refractivity contribution is 7.80. The number of hydrogen-bond donors (Lipinski definition) is 2. The van der Waals surface area contributed by atoms with E-state index in [1.807, 2.05) is 48.5 Å². The molecule has 6 heteroatoms. The third-order valence-electron chi connectivity index (χ3n) is 3.04. The van der Waals surface area contributed by atoms with Crippen molar-refractivity contribution in [2.45, 2.75) is 6.61 Å². The molecule has 2 N–H and O–H groups in total. The van der Waals surface area contributed by atoms with Gasteiger partial charge in [0.2, 0.25) is 0 Å². The highest BCUT2D eigenvalue weighted by Crippen LogP contribution is 2.20. The molecule has 0 amide bonds. The molecule has 0 heterocycles. The fraction of sp³-hybridized carbons (Fsp3) is 0.111. The maximum atomic E-state index is 6.15. The molecule has 0 aliphatic heterocycles. The van der Waals surface area contributed by atoms with Crippen LogP contribution in [0.5, 0.6) is 5.75 Å². The number of halogens is 1. The van der Waals surface area contributed by atoms with E-state index in [1.54, 1.807) is 12.3 Å². The van der Waals surface area contributed by atoms with Crippen LogP contribution >= 0.6 is 23.8 Å². The monoisotopic (exact) mass is 359 g/mol. The molecule has 124 valence electrons. The SMILES string of the molecule is C=CCNC(=S)N/N=C\c1ccccc1OCc1ccccc1Cl. The van der Waals surface area contributed by atoms with Crippen molar-refractivity contribution >= 4 is 35.1 Å². The normalized spacial score (nSPS) is 10.4. The Morgan fingerprint density at radius 1 is 1.21 bits per heavy atom. The molecule has 0 fully saturated rings. The van der Waals surface area contributed by atoms with Crippen LogP contribution < -0.4 is 15.5 Å². The lowest BCUT2D eigenvalue weighted by atomic mass is 10.2. The van der Waals surface area contributed by atoms with Gasteiger partial charge in [0.15, 0.2) is 5.11 Å². The summed E-state index contributed by atoms with van der Waals surface area (Å²) in [4.78, 5) is 0. The van der Waals surface area contributed by atoms with E-state index >= 15 is 0 Å². The van der Waals surface area contributed by atoms with Gasteiger partial charge >= 0.3 is 0 Å². The van der Waals surface area contributed by atoms with Gasteiger partial charge in [-0.3, -0.25) is 5.43 Å². The van der Waals surface area contributed by atoms with Gasteiger partial charge in [-0.2, -0.15) is 5.10 Å². The Labute approximate surface area is 152 Å². The molecule has 0 saturated heterocycles. The summed E-state index contributed by atoms with van der Waals surface area (Å²) in [6.45, 7) is 4.58. The molecular weight excluding hydrogens is 342 g/mol. The van der Waals surface area contributed by atoms with Crippen LogP contribution in [0.2, 0.25) is 5.02 Å². The number of hydrogen-bond acceptors (Lipinski definition) is 3. The lowest BCUT2D eigenvalue weighted by Crippen LogP contribution is -2.31. The van der Waals surface area contributed by atoms with Gasteiger partial charge < -0.3 is 10.1 Å². The number of ether oxygens (including phenoxy) is 1. The molecule has 0 aliphatic carbocycles. The van der Waals surface area contributed by atoms with E-state index in [2.05, 4.69) is 22.4 Å². The molecule has 0 aliphatic rings. The van der Waals surface area contributed by atoms with Gasteiger partial charge in [0, 0.05) is 22.7 Å². The van der Waals surface area contributed by atoms with Crippen molar-refractivity contribution in [3.63, 3.8) is 0 Å². The zero-order valence-corrected chi connectivity index (χ0v) is 14.6. The number of rotatable bonds is 7. The average molecular weight is 360 g/mol. The molecule has 0 atom stereocenters. The van der Waals surface area contributed by atoms with E-state index in [9.17, 15) is 0 Å².